The van der Waals surface area contributed by atoms with Gasteiger partial charge >= 0.3 is 0 Å². The molecule has 0 unspecified atom stereocenters. The molecule has 3 rings (SSSR count). The molecule has 0 saturated carbocycles. The molecule has 0 spiro atoms. The van der Waals surface area contributed by atoms with Crippen LogP contribution in [0.15, 0.2) is 30.5 Å². The molecule has 1 aromatic carbocycles. The summed E-state index contributed by atoms with van der Waals surface area (Å²) in [6, 6.07) is 7.93. The molecule has 1 amide bonds. The first-order chi connectivity index (χ1) is 11.7. The number of nitrogens with zero attached hydrogens (tertiary/aromatic N) is 1. The summed E-state index contributed by atoms with van der Waals surface area (Å²) < 4.78 is 10.9. The number of benzene rings is 1. The normalized spacial score (nSPS) is 13.5. The number of rotatable bonds is 6. The lowest BCUT2D eigenvalue weighted by molar-refractivity contribution is -0.132. The number of aromatic nitrogens is 1. The number of H-pyrrole nitrogens is 1. The second kappa shape index (κ2) is 7.43. The number of fused-ring (bicyclic) bond motifs is 1. The highest BCUT2D eigenvalue weighted by Crippen LogP contribution is 2.28. The Bertz CT molecular complexity index is 708. The predicted octanol–water partition coefficient (Wildman–Crippen LogP) is 2.94. The lowest BCUT2D eigenvalue weighted by Crippen LogP contribution is -2.35. The number of amides is 1. The predicted molar refractivity (Wildman–Crippen MR) is 92.4 cm³/mol. The fourth-order valence-electron chi connectivity index (χ4n) is 3.11. The molecule has 5 heteroatoms. The Morgan fingerprint density at radius 3 is 2.96 bits per heavy atom. The third kappa shape index (κ3) is 3.55. The number of ether oxygens (including phenoxy) is 2. The Kier molecular flexibility index (Phi) is 5.08. The van der Waals surface area contributed by atoms with Crippen molar-refractivity contribution in [1.29, 1.82) is 0 Å². The Morgan fingerprint density at radius 2 is 2.17 bits per heavy atom. The summed E-state index contributed by atoms with van der Waals surface area (Å²) in [6.45, 7) is 4.05. The van der Waals surface area contributed by atoms with Crippen molar-refractivity contribution in [1.82, 2.24) is 9.88 Å². The van der Waals surface area contributed by atoms with Gasteiger partial charge in [-0.1, -0.05) is 6.07 Å². The monoisotopic (exact) mass is 328 g/mol. The van der Waals surface area contributed by atoms with Crippen molar-refractivity contribution >= 4 is 5.91 Å². The molecule has 2 heterocycles. The van der Waals surface area contributed by atoms with Gasteiger partial charge in [-0.15, -0.1) is 0 Å². The minimum Gasteiger partial charge on any atom is -0.493 e. The molecule has 1 N–H and O–H groups in total. The van der Waals surface area contributed by atoms with Gasteiger partial charge in [-0.05, 0) is 42.7 Å². The van der Waals surface area contributed by atoms with Gasteiger partial charge in [0.05, 0.1) is 13.7 Å². The van der Waals surface area contributed by atoms with E-state index >= 15 is 0 Å². The van der Waals surface area contributed by atoms with E-state index in [0.29, 0.717) is 26.0 Å². The van der Waals surface area contributed by atoms with Crippen molar-refractivity contribution in [2.75, 3.05) is 20.3 Å². The first kappa shape index (κ1) is 16.4. The Hall–Kier alpha value is -2.43. The maximum Gasteiger partial charge on any atom is 0.223 e. The second-order valence-corrected chi connectivity index (χ2v) is 5.96. The largest absolute Gasteiger partial charge is 0.493 e. The minimum atomic E-state index is 0.203. The average molecular weight is 328 g/mol. The summed E-state index contributed by atoms with van der Waals surface area (Å²) in [6.07, 6.45) is 4.07. The molecule has 5 nitrogen and oxygen atoms in total. The lowest BCUT2D eigenvalue weighted by atomic mass is 10.1. The second-order valence-electron chi connectivity index (χ2n) is 5.96. The van der Waals surface area contributed by atoms with Crippen molar-refractivity contribution in [2.45, 2.75) is 32.7 Å². The number of nitrogens with one attached hydrogen (secondary N) is 1. The molecular formula is C19H24N2O3. The highest BCUT2D eigenvalue weighted by Gasteiger charge is 2.21. The van der Waals surface area contributed by atoms with Crippen LogP contribution in [0.5, 0.6) is 11.5 Å². The van der Waals surface area contributed by atoms with E-state index in [0.717, 1.165) is 30.0 Å². The first-order valence-electron chi connectivity index (χ1n) is 8.44. The van der Waals surface area contributed by atoms with Gasteiger partial charge in [-0.2, -0.15) is 0 Å². The van der Waals surface area contributed by atoms with Crippen molar-refractivity contribution in [2.24, 2.45) is 0 Å². The van der Waals surface area contributed by atoms with E-state index in [1.165, 1.54) is 11.3 Å². The van der Waals surface area contributed by atoms with Crippen LogP contribution < -0.4 is 9.47 Å². The van der Waals surface area contributed by atoms with Crippen LogP contribution in [0.2, 0.25) is 0 Å². The zero-order valence-electron chi connectivity index (χ0n) is 14.3. The molecule has 24 heavy (non-hydrogen) atoms. The summed E-state index contributed by atoms with van der Waals surface area (Å²) in [5, 5.41) is 0. The SMILES string of the molecule is CCOc1ccc(CCC(=O)N2CCc3[nH]ccc3C2)cc1OC. The quantitative estimate of drug-likeness (QED) is 0.887. The number of hydrogen-bond acceptors (Lipinski definition) is 3. The zero-order chi connectivity index (χ0) is 16.9. The summed E-state index contributed by atoms with van der Waals surface area (Å²) in [7, 11) is 1.63. The van der Waals surface area contributed by atoms with E-state index in [1.807, 2.05) is 36.2 Å². The van der Waals surface area contributed by atoms with Gasteiger partial charge in [-0.25, -0.2) is 0 Å². The number of carbonyl (C=O) groups is 1. The standard InChI is InChI=1S/C19H24N2O3/c1-3-24-17-6-4-14(12-18(17)23-2)5-7-19(22)21-11-9-16-15(13-21)8-10-20-16/h4,6,8,10,12,20H,3,5,7,9,11,13H2,1-2H3. The molecule has 2 aromatic rings. The van der Waals surface area contributed by atoms with E-state index in [-0.39, 0.29) is 5.91 Å². The summed E-state index contributed by atoms with van der Waals surface area (Å²) in [5.74, 6) is 1.66. The zero-order valence-corrected chi connectivity index (χ0v) is 14.3. The fourth-order valence-corrected chi connectivity index (χ4v) is 3.11. The van der Waals surface area contributed by atoms with Gasteiger partial charge in [0.15, 0.2) is 11.5 Å². The van der Waals surface area contributed by atoms with Crippen LogP contribution in [0.3, 0.4) is 0 Å². The molecule has 0 saturated heterocycles. The van der Waals surface area contributed by atoms with Crippen molar-refractivity contribution in [3.63, 3.8) is 0 Å². The summed E-state index contributed by atoms with van der Waals surface area (Å²) >= 11 is 0. The molecule has 0 fully saturated rings. The van der Waals surface area contributed by atoms with E-state index < -0.39 is 0 Å². The molecular weight excluding hydrogens is 304 g/mol. The van der Waals surface area contributed by atoms with Gasteiger partial charge in [-0.3, -0.25) is 4.79 Å². The van der Waals surface area contributed by atoms with Crippen molar-refractivity contribution in [3.05, 3.63) is 47.3 Å². The van der Waals surface area contributed by atoms with Crippen LogP contribution in [0.25, 0.3) is 0 Å². The molecule has 0 bridgehead atoms. The van der Waals surface area contributed by atoms with Gasteiger partial charge in [0.2, 0.25) is 5.91 Å². The molecule has 0 atom stereocenters. The average Bonchev–Trinajstić information content (AvgIpc) is 3.08. The van der Waals surface area contributed by atoms with Gasteiger partial charge in [0.1, 0.15) is 0 Å². The molecule has 1 aliphatic rings. The van der Waals surface area contributed by atoms with E-state index in [1.54, 1.807) is 7.11 Å². The summed E-state index contributed by atoms with van der Waals surface area (Å²) in [4.78, 5) is 17.7. The third-order valence-corrected chi connectivity index (χ3v) is 4.43. The van der Waals surface area contributed by atoms with Crippen LogP contribution in [-0.4, -0.2) is 36.1 Å². The Balaban J connectivity index is 1.58. The topological polar surface area (TPSA) is 54.6 Å². The Morgan fingerprint density at radius 1 is 1.29 bits per heavy atom. The highest BCUT2D eigenvalue weighted by atomic mass is 16.5. The smallest absolute Gasteiger partial charge is 0.223 e. The molecule has 1 aliphatic heterocycles. The fraction of sp³-hybridized carbons (Fsp3) is 0.421. The lowest BCUT2D eigenvalue weighted by Gasteiger charge is -2.27. The van der Waals surface area contributed by atoms with Crippen LogP contribution in [-0.2, 0) is 24.2 Å². The van der Waals surface area contributed by atoms with Gasteiger partial charge < -0.3 is 19.4 Å². The maximum atomic E-state index is 12.5. The highest BCUT2D eigenvalue weighted by molar-refractivity contribution is 5.76. The summed E-state index contributed by atoms with van der Waals surface area (Å²) in [5.41, 5.74) is 3.58. The van der Waals surface area contributed by atoms with E-state index in [9.17, 15) is 4.79 Å². The molecule has 128 valence electrons. The van der Waals surface area contributed by atoms with Gasteiger partial charge in [0, 0.05) is 37.8 Å². The number of carbonyl (C=O) groups excluding carboxylic acids is 1. The minimum absolute atomic E-state index is 0.203. The maximum absolute atomic E-state index is 12.5. The van der Waals surface area contributed by atoms with Crippen LogP contribution in [0.4, 0.5) is 0 Å². The molecule has 0 aliphatic carbocycles. The van der Waals surface area contributed by atoms with Crippen molar-refractivity contribution < 1.29 is 14.3 Å². The Labute approximate surface area is 142 Å². The number of aryl methyl sites for hydroxylation is 1. The molecule has 0 radical (unpaired) electrons. The van der Waals surface area contributed by atoms with Crippen LogP contribution in [0.1, 0.15) is 30.2 Å². The first-order valence-corrected chi connectivity index (χ1v) is 8.44. The van der Waals surface area contributed by atoms with Crippen molar-refractivity contribution in [3.8, 4) is 11.5 Å². The molecule has 1 aromatic heterocycles. The van der Waals surface area contributed by atoms with Crippen LogP contribution in [0, 0.1) is 0 Å². The number of aromatic amines is 1. The number of hydrogen-bond donors (Lipinski definition) is 1. The van der Waals surface area contributed by atoms with Gasteiger partial charge in [0.25, 0.3) is 0 Å². The van der Waals surface area contributed by atoms with E-state index in [2.05, 4.69) is 11.1 Å². The van der Waals surface area contributed by atoms with Crippen LogP contribution >= 0.6 is 0 Å². The number of methoxy groups -OCH3 is 1. The third-order valence-electron chi connectivity index (χ3n) is 4.43. The van der Waals surface area contributed by atoms with E-state index in [4.69, 9.17) is 9.47 Å².